The molecule has 0 N–H and O–H groups in total. The Morgan fingerprint density at radius 1 is 1.11 bits per heavy atom. The van der Waals surface area contributed by atoms with Gasteiger partial charge in [-0.05, 0) is 30.5 Å². The first-order valence-electron chi connectivity index (χ1n) is 10.1. The van der Waals surface area contributed by atoms with E-state index in [9.17, 15) is 4.79 Å². The first kappa shape index (κ1) is 20.5. The summed E-state index contributed by atoms with van der Waals surface area (Å²) in [7, 11) is 0. The van der Waals surface area contributed by atoms with E-state index in [1.165, 1.54) is 0 Å². The van der Waals surface area contributed by atoms with Gasteiger partial charge in [0.15, 0.2) is 0 Å². The fourth-order valence-electron chi connectivity index (χ4n) is 3.60. The molecule has 0 saturated carbocycles. The van der Waals surface area contributed by atoms with Gasteiger partial charge < -0.3 is 9.64 Å². The quantitative estimate of drug-likeness (QED) is 0.738. The number of carbonyl (C=O) groups is 1. The smallest absolute Gasteiger partial charge is 0.236 e. The van der Waals surface area contributed by atoms with Crippen molar-refractivity contribution in [1.82, 2.24) is 14.8 Å². The van der Waals surface area contributed by atoms with Crippen molar-refractivity contribution in [2.45, 2.75) is 40.0 Å². The number of aromatic nitrogens is 1. The molecule has 1 amide bonds. The second-order valence-corrected chi connectivity index (χ2v) is 8.05. The fraction of sp³-hybridized carbons (Fsp3) is 0.478. The number of ether oxygens (including phenoxy) is 1. The number of carbonyl (C=O) groups excluding carboxylic acids is 1. The summed E-state index contributed by atoms with van der Waals surface area (Å²) in [5, 5.41) is 0. The highest BCUT2D eigenvalue weighted by Crippen LogP contribution is 2.15. The minimum Gasteiger partial charge on any atom is -0.370 e. The van der Waals surface area contributed by atoms with Crippen LogP contribution in [0, 0.1) is 12.8 Å². The molecule has 28 heavy (non-hydrogen) atoms. The fourth-order valence-corrected chi connectivity index (χ4v) is 3.60. The van der Waals surface area contributed by atoms with Crippen LogP contribution in [0.5, 0.6) is 0 Å². The van der Waals surface area contributed by atoms with E-state index >= 15 is 0 Å². The van der Waals surface area contributed by atoms with E-state index in [0.717, 1.165) is 30.0 Å². The molecule has 1 aromatic carbocycles. The van der Waals surface area contributed by atoms with Crippen molar-refractivity contribution in [1.29, 1.82) is 0 Å². The average molecular weight is 382 g/mol. The molecule has 0 radical (unpaired) electrons. The maximum absolute atomic E-state index is 12.8. The summed E-state index contributed by atoms with van der Waals surface area (Å²) in [5.74, 6) is 0.607. The summed E-state index contributed by atoms with van der Waals surface area (Å²) in [6, 6.07) is 16.2. The summed E-state index contributed by atoms with van der Waals surface area (Å²) in [6.45, 7) is 10.0. The summed E-state index contributed by atoms with van der Waals surface area (Å²) >= 11 is 0. The summed E-state index contributed by atoms with van der Waals surface area (Å²) in [6.07, 6.45) is -0.0183. The van der Waals surface area contributed by atoms with Crippen LogP contribution in [0.25, 0.3) is 0 Å². The van der Waals surface area contributed by atoms with Gasteiger partial charge in [-0.15, -0.1) is 0 Å². The standard InChI is InChI=1S/C23H31N3O2/c1-18(2)12-26-15-22(28-17-20-9-5-4-6-10-20)14-25(16-23(26)27)13-21-11-7-8-19(3)24-21/h4-11,18,22H,12-17H2,1-3H3. The Balaban J connectivity index is 1.70. The van der Waals surface area contributed by atoms with Gasteiger partial charge in [0.1, 0.15) is 0 Å². The number of aryl methyl sites for hydroxylation is 1. The Hall–Kier alpha value is -2.24. The molecule has 5 heteroatoms. The third kappa shape index (κ3) is 6.14. The van der Waals surface area contributed by atoms with Crippen molar-refractivity contribution in [3.63, 3.8) is 0 Å². The highest BCUT2D eigenvalue weighted by molar-refractivity contribution is 5.78. The Bertz CT molecular complexity index is 763. The minimum absolute atomic E-state index is 0.0183. The topological polar surface area (TPSA) is 45.7 Å². The average Bonchev–Trinajstić information content (AvgIpc) is 2.79. The maximum Gasteiger partial charge on any atom is 0.236 e. The molecule has 3 rings (SSSR count). The van der Waals surface area contributed by atoms with Gasteiger partial charge in [-0.3, -0.25) is 14.7 Å². The highest BCUT2D eigenvalue weighted by atomic mass is 16.5. The molecule has 1 unspecified atom stereocenters. The SMILES string of the molecule is Cc1cccc(CN2CC(=O)N(CC(C)C)CC(OCc3ccccc3)C2)n1. The molecular weight excluding hydrogens is 350 g/mol. The molecule has 1 saturated heterocycles. The Morgan fingerprint density at radius 3 is 2.61 bits per heavy atom. The van der Waals surface area contributed by atoms with E-state index in [4.69, 9.17) is 4.74 Å². The monoisotopic (exact) mass is 381 g/mol. The predicted octanol–water partition coefficient (Wildman–Crippen LogP) is 3.28. The van der Waals surface area contributed by atoms with Crippen LogP contribution in [0.2, 0.25) is 0 Å². The predicted molar refractivity (Wildman–Crippen MR) is 111 cm³/mol. The van der Waals surface area contributed by atoms with Crippen LogP contribution in [0.4, 0.5) is 0 Å². The van der Waals surface area contributed by atoms with E-state index in [2.05, 4.69) is 35.9 Å². The molecule has 150 valence electrons. The molecule has 5 nitrogen and oxygen atoms in total. The lowest BCUT2D eigenvalue weighted by Gasteiger charge is -2.26. The molecule has 0 aliphatic carbocycles. The van der Waals surface area contributed by atoms with Crippen molar-refractivity contribution >= 4 is 5.91 Å². The molecule has 1 aromatic heterocycles. The lowest BCUT2D eigenvalue weighted by molar-refractivity contribution is -0.132. The number of pyridine rings is 1. The second kappa shape index (κ2) is 9.80. The van der Waals surface area contributed by atoms with E-state index in [1.807, 2.05) is 48.2 Å². The zero-order valence-electron chi connectivity index (χ0n) is 17.2. The van der Waals surface area contributed by atoms with Crippen molar-refractivity contribution in [3.8, 4) is 0 Å². The number of hydrogen-bond acceptors (Lipinski definition) is 4. The molecule has 2 aromatic rings. The summed E-state index contributed by atoms with van der Waals surface area (Å²) < 4.78 is 6.24. The van der Waals surface area contributed by atoms with Gasteiger partial charge >= 0.3 is 0 Å². The van der Waals surface area contributed by atoms with Gasteiger partial charge in [0.05, 0.1) is 24.9 Å². The van der Waals surface area contributed by atoms with Crippen molar-refractivity contribution < 1.29 is 9.53 Å². The van der Waals surface area contributed by atoms with Gasteiger partial charge in [0.25, 0.3) is 0 Å². The van der Waals surface area contributed by atoms with Crippen LogP contribution in [0.15, 0.2) is 48.5 Å². The van der Waals surface area contributed by atoms with Crippen molar-refractivity contribution in [2.24, 2.45) is 5.92 Å². The molecule has 0 spiro atoms. The van der Waals surface area contributed by atoms with Crippen LogP contribution in [0.1, 0.15) is 30.8 Å². The van der Waals surface area contributed by atoms with E-state index in [0.29, 0.717) is 32.2 Å². The Kier molecular flexibility index (Phi) is 7.18. The van der Waals surface area contributed by atoms with Gasteiger partial charge in [-0.2, -0.15) is 0 Å². The third-order valence-electron chi connectivity index (χ3n) is 4.84. The molecule has 1 fully saturated rings. The van der Waals surface area contributed by atoms with E-state index in [1.54, 1.807) is 0 Å². The normalized spacial score (nSPS) is 18.5. The molecule has 1 aliphatic heterocycles. The second-order valence-electron chi connectivity index (χ2n) is 8.05. The van der Waals surface area contributed by atoms with E-state index < -0.39 is 0 Å². The lowest BCUT2D eigenvalue weighted by atomic mass is 10.2. The first-order valence-corrected chi connectivity index (χ1v) is 10.1. The Morgan fingerprint density at radius 2 is 1.89 bits per heavy atom. The third-order valence-corrected chi connectivity index (χ3v) is 4.84. The molecular formula is C23H31N3O2. The number of amides is 1. The van der Waals surface area contributed by atoms with Gasteiger partial charge in [0.2, 0.25) is 5.91 Å². The van der Waals surface area contributed by atoms with Crippen LogP contribution in [-0.4, -0.2) is 53.0 Å². The van der Waals surface area contributed by atoms with Crippen LogP contribution in [-0.2, 0) is 22.7 Å². The Labute approximate surface area is 168 Å². The summed E-state index contributed by atoms with van der Waals surface area (Å²) in [4.78, 5) is 21.6. The van der Waals surface area contributed by atoms with Crippen LogP contribution < -0.4 is 0 Å². The van der Waals surface area contributed by atoms with Gasteiger partial charge in [-0.1, -0.05) is 50.2 Å². The van der Waals surface area contributed by atoms with Crippen LogP contribution in [0.3, 0.4) is 0 Å². The zero-order chi connectivity index (χ0) is 19.9. The minimum atomic E-state index is -0.0183. The van der Waals surface area contributed by atoms with Gasteiger partial charge in [0, 0.05) is 31.9 Å². The van der Waals surface area contributed by atoms with Gasteiger partial charge in [-0.25, -0.2) is 0 Å². The largest absolute Gasteiger partial charge is 0.370 e. The van der Waals surface area contributed by atoms with Crippen molar-refractivity contribution in [2.75, 3.05) is 26.2 Å². The number of rotatable bonds is 7. The number of benzene rings is 1. The summed E-state index contributed by atoms with van der Waals surface area (Å²) in [5.41, 5.74) is 3.14. The number of hydrogen-bond donors (Lipinski definition) is 0. The van der Waals surface area contributed by atoms with Crippen LogP contribution >= 0.6 is 0 Å². The zero-order valence-corrected chi connectivity index (χ0v) is 17.2. The molecule has 0 bridgehead atoms. The molecule has 1 atom stereocenters. The molecule has 2 heterocycles. The maximum atomic E-state index is 12.8. The molecule has 1 aliphatic rings. The van der Waals surface area contributed by atoms with Crippen molar-refractivity contribution in [3.05, 3.63) is 65.5 Å². The first-order chi connectivity index (χ1) is 13.5. The van der Waals surface area contributed by atoms with E-state index in [-0.39, 0.29) is 12.0 Å². The highest BCUT2D eigenvalue weighted by Gasteiger charge is 2.29. The lowest BCUT2D eigenvalue weighted by Crippen LogP contribution is -2.40. The number of nitrogens with zero attached hydrogens (tertiary/aromatic N) is 3.